The van der Waals surface area contributed by atoms with Crippen molar-refractivity contribution in [1.82, 2.24) is 9.97 Å². The molecule has 3 heterocycles. The number of hydrogen-bond acceptors (Lipinski definition) is 9. The van der Waals surface area contributed by atoms with Gasteiger partial charge in [0.05, 0.1) is 10.3 Å². The number of carboxylic acid groups (broad SMARTS) is 2. The Morgan fingerprint density at radius 3 is 2.61 bits per heavy atom. The second kappa shape index (κ2) is 9.86. The van der Waals surface area contributed by atoms with E-state index in [1.54, 1.807) is 6.07 Å². The van der Waals surface area contributed by atoms with Gasteiger partial charge >= 0.3 is 11.2 Å². The van der Waals surface area contributed by atoms with Gasteiger partial charge in [-0.2, -0.15) is 0 Å². The Balaban J connectivity index is 0.000000601. The Morgan fingerprint density at radius 2 is 1.88 bits per heavy atom. The number of benzene rings is 1. The highest BCUT2D eigenvalue weighted by atomic mass is 32.1. The summed E-state index contributed by atoms with van der Waals surface area (Å²) >= 11 is 1.11. The average Bonchev–Trinajstić information content (AvgIpc) is 3.44. The summed E-state index contributed by atoms with van der Waals surface area (Å²) in [6, 6.07) is 7.35. The van der Waals surface area contributed by atoms with E-state index in [1.807, 2.05) is 18.2 Å². The van der Waals surface area contributed by atoms with Gasteiger partial charge in [0, 0.05) is 18.5 Å². The molecule has 0 unspecified atom stereocenters. The third kappa shape index (κ3) is 5.40. The molecule has 2 aliphatic rings. The number of ether oxygens (including phenoxy) is 2. The molecule has 33 heavy (non-hydrogen) atoms. The molecule has 11 nitrogen and oxygen atoms in total. The van der Waals surface area contributed by atoms with Gasteiger partial charge in [-0.3, -0.25) is 10.1 Å². The van der Waals surface area contributed by atoms with Crippen LogP contribution in [0.4, 0.5) is 15.6 Å². The smallest absolute Gasteiger partial charge is 0.454 e. The fourth-order valence-corrected chi connectivity index (χ4v) is 4.78. The summed E-state index contributed by atoms with van der Waals surface area (Å²) in [6.45, 7) is 0.762. The summed E-state index contributed by atoms with van der Waals surface area (Å²) in [5, 5.41) is 29.4. The number of nitrogens with one attached hydrogen (secondary N) is 1. The maximum Gasteiger partial charge on any atom is 0.503 e. The van der Waals surface area contributed by atoms with Crippen LogP contribution in [0.25, 0.3) is 10.2 Å². The van der Waals surface area contributed by atoms with Crippen LogP contribution >= 0.6 is 11.3 Å². The second-order valence-electron chi connectivity index (χ2n) is 7.65. The Labute approximate surface area is 192 Å². The average molecular weight is 474 g/mol. The molecule has 174 valence electrons. The number of nitrogens with zero attached hydrogens (tertiary/aromatic N) is 3. The van der Waals surface area contributed by atoms with Crippen molar-refractivity contribution >= 4 is 38.5 Å². The summed E-state index contributed by atoms with van der Waals surface area (Å²) in [6.07, 6.45) is 3.91. The molecular formula is C21H22N4O7S. The number of rotatable bonds is 5. The third-order valence-corrected chi connectivity index (χ3v) is 6.42. The fourth-order valence-electron chi connectivity index (χ4n) is 3.93. The molecule has 0 spiro atoms. The van der Waals surface area contributed by atoms with E-state index in [0.717, 1.165) is 47.1 Å². The van der Waals surface area contributed by atoms with Crippen molar-refractivity contribution in [3.63, 3.8) is 0 Å². The molecule has 0 atom stereocenters. The molecule has 0 bridgehead atoms. The minimum absolute atomic E-state index is 0.0845. The normalized spacial score (nSPS) is 15.0. The maximum atomic E-state index is 11.3. The summed E-state index contributed by atoms with van der Waals surface area (Å²) in [5.74, 6) is 3.23. The molecule has 12 heteroatoms. The predicted molar refractivity (Wildman–Crippen MR) is 120 cm³/mol. The second-order valence-corrected chi connectivity index (χ2v) is 8.66. The first-order valence-corrected chi connectivity index (χ1v) is 11.2. The number of nitro groups is 1. The SMILES string of the molecule is O=C(O)O.O=[N+]([O-])c1cc2c(NCc3ccc4c(c3)OCO4)nc(C3CCCCC3)nc2s1. The van der Waals surface area contributed by atoms with Crippen LogP contribution in [0.1, 0.15) is 49.4 Å². The molecule has 0 radical (unpaired) electrons. The van der Waals surface area contributed by atoms with Crippen LogP contribution < -0.4 is 14.8 Å². The predicted octanol–water partition coefficient (Wildman–Crippen LogP) is 5.21. The van der Waals surface area contributed by atoms with E-state index in [1.165, 1.54) is 19.3 Å². The molecule has 1 aliphatic carbocycles. The van der Waals surface area contributed by atoms with Crippen LogP contribution in [0.15, 0.2) is 24.3 Å². The molecule has 1 aliphatic heterocycles. The summed E-state index contributed by atoms with van der Waals surface area (Å²) in [4.78, 5) is 29.6. The lowest BCUT2D eigenvalue weighted by molar-refractivity contribution is -0.380. The van der Waals surface area contributed by atoms with Crippen molar-refractivity contribution in [2.24, 2.45) is 0 Å². The van der Waals surface area contributed by atoms with Crippen LogP contribution in [0.2, 0.25) is 0 Å². The van der Waals surface area contributed by atoms with E-state index >= 15 is 0 Å². The fraction of sp³-hybridized carbons (Fsp3) is 0.381. The molecule has 3 aromatic rings. The van der Waals surface area contributed by atoms with E-state index in [4.69, 9.17) is 34.4 Å². The van der Waals surface area contributed by atoms with Gasteiger partial charge in [-0.05, 0) is 41.9 Å². The number of thiophene rings is 1. The van der Waals surface area contributed by atoms with Crippen LogP contribution in [0.5, 0.6) is 11.5 Å². The van der Waals surface area contributed by atoms with Crippen LogP contribution in [-0.4, -0.2) is 38.1 Å². The molecule has 0 amide bonds. The number of carbonyl (C=O) groups is 1. The largest absolute Gasteiger partial charge is 0.503 e. The summed E-state index contributed by atoms with van der Waals surface area (Å²) in [5.41, 5.74) is 1.02. The Hall–Kier alpha value is -3.67. The van der Waals surface area contributed by atoms with Gasteiger partial charge < -0.3 is 25.0 Å². The quantitative estimate of drug-likeness (QED) is 0.331. The van der Waals surface area contributed by atoms with Crippen molar-refractivity contribution in [2.75, 3.05) is 12.1 Å². The first-order valence-electron chi connectivity index (χ1n) is 10.4. The number of fused-ring (bicyclic) bond motifs is 2. The van der Waals surface area contributed by atoms with Gasteiger partial charge in [0.2, 0.25) is 6.79 Å². The lowest BCUT2D eigenvalue weighted by Crippen LogP contribution is -2.11. The van der Waals surface area contributed by atoms with E-state index in [-0.39, 0.29) is 16.7 Å². The van der Waals surface area contributed by atoms with Crippen LogP contribution in [0, 0.1) is 10.1 Å². The zero-order chi connectivity index (χ0) is 23.4. The molecule has 5 rings (SSSR count). The highest BCUT2D eigenvalue weighted by Gasteiger charge is 2.23. The van der Waals surface area contributed by atoms with Crippen LogP contribution in [-0.2, 0) is 6.54 Å². The first kappa shape index (κ1) is 22.5. The number of hydrogen-bond donors (Lipinski definition) is 3. The van der Waals surface area contributed by atoms with Crippen molar-refractivity contribution in [3.05, 3.63) is 45.8 Å². The number of aromatic nitrogens is 2. The van der Waals surface area contributed by atoms with Gasteiger partial charge in [-0.1, -0.05) is 25.3 Å². The van der Waals surface area contributed by atoms with Crippen molar-refractivity contribution < 1.29 is 29.4 Å². The molecule has 2 aromatic heterocycles. The maximum absolute atomic E-state index is 11.3. The molecule has 1 aromatic carbocycles. The highest BCUT2D eigenvalue weighted by Crippen LogP contribution is 2.38. The van der Waals surface area contributed by atoms with E-state index in [0.29, 0.717) is 28.5 Å². The minimum Gasteiger partial charge on any atom is -0.454 e. The zero-order valence-corrected chi connectivity index (χ0v) is 18.3. The molecule has 0 saturated heterocycles. The van der Waals surface area contributed by atoms with Gasteiger partial charge in [-0.25, -0.2) is 14.8 Å². The highest BCUT2D eigenvalue weighted by molar-refractivity contribution is 7.21. The van der Waals surface area contributed by atoms with E-state index in [2.05, 4.69) is 5.32 Å². The third-order valence-electron chi connectivity index (χ3n) is 5.44. The number of anilines is 1. The topological polar surface area (TPSA) is 157 Å². The first-order chi connectivity index (χ1) is 15.9. The zero-order valence-electron chi connectivity index (χ0n) is 17.5. The van der Waals surface area contributed by atoms with Crippen LogP contribution in [0.3, 0.4) is 0 Å². The van der Waals surface area contributed by atoms with E-state index < -0.39 is 6.16 Å². The molecular weight excluding hydrogens is 452 g/mol. The molecule has 1 fully saturated rings. The van der Waals surface area contributed by atoms with E-state index in [9.17, 15) is 10.1 Å². The van der Waals surface area contributed by atoms with Gasteiger partial charge in [0.1, 0.15) is 16.5 Å². The molecule has 1 saturated carbocycles. The lowest BCUT2D eigenvalue weighted by Gasteiger charge is -2.20. The lowest BCUT2D eigenvalue weighted by atomic mass is 9.89. The van der Waals surface area contributed by atoms with Crippen molar-refractivity contribution in [2.45, 2.75) is 44.6 Å². The Morgan fingerprint density at radius 1 is 1.15 bits per heavy atom. The monoisotopic (exact) mass is 474 g/mol. The van der Waals surface area contributed by atoms with Gasteiger partial charge in [-0.15, -0.1) is 0 Å². The summed E-state index contributed by atoms with van der Waals surface area (Å²) in [7, 11) is 0. The minimum atomic E-state index is -1.83. The molecule has 3 N–H and O–H groups in total. The summed E-state index contributed by atoms with van der Waals surface area (Å²) < 4.78 is 10.8. The van der Waals surface area contributed by atoms with Gasteiger partial charge in [0.15, 0.2) is 11.5 Å². The standard InChI is InChI=1S/C20H20N4O4S.CH2O3/c25-24(26)17-9-14-19(21-10-12-6-7-15-16(8-12)28-11-27-15)22-18(23-20(14)29-17)13-4-2-1-3-5-13;2-1(3)4/h6-9,13H,1-5,10-11H2,(H,21,22,23);(H2,2,3,4). The Bertz CT molecular complexity index is 1170. The Kier molecular flexibility index (Phi) is 6.73. The van der Waals surface area contributed by atoms with Gasteiger partial charge in [0.25, 0.3) is 0 Å². The van der Waals surface area contributed by atoms with Crippen molar-refractivity contribution in [1.29, 1.82) is 0 Å². The van der Waals surface area contributed by atoms with Crippen molar-refractivity contribution in [3.8, 4) is 11.5 Å².